The Morgan fingerprint density at radius 1 is 1.15 bits per heavy atom. The number of sulfonamides is 1. The second-order valence-electron chi connectivity index (χ2n) is 8.10. The third kappa shape index (κ3) is 5.67. The fourth-order valence-electron chi connectivity index (χ4n) is 3.74. The highest BCUT2D eigenvalue weighted by atomic mass is 79.9. The van der Waals surface area contributed by atoms with Crippen molar-refractivity contribution in [3.63, 3.8) is 0 Å². The van der Waals surface area contributed by atoms with E-state index in [1.807, 2.05) is 31.2 Å². The number of hydrogen-bond acceptors (Lipinski definition) is 5. The summed E-state index contributed by atoms with van der Waals surface area (Å²) in [7, 11) is -4.01. The van der Waals surface area contributed by atoms with Gasteiger partial charge in [-0.15, -0.1) is 0 Å². The second kappa shape index (κ2) is 11.1. The Kier molecular flexibility index (Phi) is 8.48. The van der Waals surface area contributed by atoms with Crippen molar-refractivity contribution >= 4 is 43.7 Å². The van der Waals surface area contributed by atoms with E-state index in [0.717, 1.165) is 27.2 Å². The molecular formula is C24H28BrN3O5S. The van der Waals surface area contributed by atoms with Crippen LogP contribution < -0.4 is 5.32 Å². The first-order valence-electron chi connectivity index (χ1n) is 11.1. The number of carbonyl (C=O) groups is 3. The van der Waals surface area contributed by atoms with E-state index in [9.17, 15) is 22.8 Å². The summed E-state index contributed by atoms with van der Waals surface area (Å²) in [6.07, 6.45) is 1.52. The third-order valence-electron chi connectivity index (χ3n) is 5.68. The van der Waals surface area contributed by atoms with Gasteiger partial charge in [0.1, 0.15) is 10.9 Å². The van der Waals surface area contributed by atoms with Crippen LogP contribution in [0.3, 0.4) is 0 Å². The molecule has 1 heterocycles. The topological polar surface area (TPSA) is 104 Å². The van der Waals surface area contributed by atoms with Crippen molar-refractivity contribution in [3.05, 3.63) is 64.1 Å². The van der Waals surface area contributed by atoms with Crippen molar-refractivity contribution in [1.82, 2.24) is 14.5 Å². The van der Waals surface area contributed by atoms with Gasteiger partial charge >= 0.3 is 0 Å². The first-order valence-corrected chi connectivity index (χ1v) is 13.4. The molecule has 2 aromatic carbocycles. The Bertz CT molecular complexity index is 1180. The molecule has 1 atom stereocenters. The number of fused-ring (bicyclic) bond motifs is 1. The van der Waals surface area contributed by atoms with Crippen LogP contribution in [0, 0.1) is 0 Å². The van der Waals surface area contributed by atoms with Crippen LogP contribution in [0.4, 0.5) is 0 Å². The predicted molar refractivity (Wildman–Crippen MR) is 131 cm³/mol. The molecule has 0 bridgehead atoms. The Morgan fingerprint density at radius 3 is 2.56 bits per heavy atom. The molecule has 1 aliphatic rings. The molecule has 0 saturated heterocycles. The number of nitrogens with zero attached hydrogens (tertiary/aromatic N) is 2. The summed E-state index contributed by atoms with van der Waals surface area (Å²) in [6, 6.07) is 12.6. The Hall–Kier alpha value is -2.72. The smallest absolute Gasteiger partial charge is 0.269 e. The molecule has 8 nitrogen and oxygen atoms in total. The zero-order valence-corrected chi connectivity index (χ0v) is 21.6. The van der Waals surface area contributed by atoms with Gasteiger partial charge in [0.15, 0.2) is 0 Å². The van der Waals surface area contributed by atoms with Crippen LogP contribution in [-0.2, 0) is 26.2 Å². The molecule has 0 aliphatic carbocycles. The number of halogens is 1. The molecule has 1 N–H and O–H groups in total. The van der Waals surface area contributed by atoms with Gasteiger partial charge in [-0.3, -0.25) is 14.4 Å². The maximum absolute atomic E-state index is 13.3. The summed E-state index contributed by atoms with van der Waals surface area (Å²) in [5.41, 5.74) is 0.915. The molecule has 0 aromatic heterocycles. The van der Waals surface area contributed by atoms with Crippen LogP contribution in [0.25, 0.3) is 0 Å². The van der Waals surface area contributed by atoms with E-state index < -0.39 is 27.9 Å². The number of unbranched alkanes of at least 4 members (excludes halogenated alkanes) is 1. The van der Waals surface area contributed by atoms with Gasteiger partial charge < -0.3 is 10.2 Å². The second-order valence-corrected chi connectivity index (χ2v) is 10.8. The van der Waals surface area contributed by atoms with Gasteiger partial charge in [-0.1, -0.05) is 53.5 Å². The first kappa shape index (κ1) is 25.9. The van der Waals surface area contributed by atoms with Crippen molar-refractivity contribution in [1.29, 1.82) is 0 Å². The minimum Gasteiger partial charge on any atom is -0.354 e. The van der Waals surface area contributed by atoms with Gasteiger partial charge in [0.25, 0.3) is 15.9 Å². The summed E-state index contributed by atoms with van der Waals surface area (Å²) < 4.78 is 27.2. The van der Waals surface area contributed by atoms with Crippen LogP contribution in [0.1, 0.15) is 49.0 Å². The Labute approximate surface area is 208 Å². The molecule has 0 fully saturated rings. The lowest BCUT2D eigenvalue weighted by atomic mass is 10.1. The average Bonchev–Trinajstić information content (AvgIpc) is 3.00. The lowest BCUT2D eigenvalue weighted by Gasteiger charge is -2.29. The van der Waals surface area contributed by atoms with Crippen molar-refractivity contribution in [2.24, 2.45) is 0 Å². The molecule has 1 aliphatic heterocycles. The number of amides is 3. The number of hydrogen-bond donors (Lipinski definition) is 1. The molecule has 182 valence electrons. The molecule has 0 radical (unpaired) electrons. The zero-order valence-electron chi connectivity index (χ0n) is 19.2. The van der Waals surface area contributed by atoms with Gasteiger partial charge in [-0.25, -0.2) is 12.7 Å². The minimum atomic E-state index is -4.01. The summed E-state index contributed by atoms with van der Waals surface area (Å²) >= 11 is 3.41. The van der Waals surface area contributed by atoms with Crippen molar-refractivity contribution < 1.29 is 22.8 Å². The maximum atomic E-state index is 13.3. The molecule has 0 spiro atoms. The third-order valence-corrected chi connectivity index (χ3v) is 8.01. The van der Waals surface area contributed by atoms with Crippen LogP contribution in [-0.4, -0.2) is 54.5 Å². The molecule has 0 saturated carbocycles. The van der Waals surface area contributed by atoms with Crippen LogP contribution in [0.15, 0.2) is 57.9 Å². The largest absolute Gasteiger partial charge is 0.354 e. The fourth-order valence-corrected chi connectivity index (χ4v) is 5.76. The normalized spacial score (nSPS) is 15.0. The zero-order chi connectivity index (χ0) is 24.9. The number of rotatable bonds is 10. The van der Waals surface area contributed by atoms with E-state index in [0.29, 0.717) is 6.54 Å². The quantitative estimate of drug-likeness (QED) is 0.458. The van der Waals surface area contributed by atoms with E-state index in [2.05, 4.69) is 21.2 Å². The number of nitrogens with one attached hydrogen (secondary N) is 1. The molecule has 3 amide bonds. The monoisotopic (exact) mass is 549 g/mol. The molecule has 10 heteroatoms. The van der Waals surface area contributed by atoms with Gasteiger partial charge in [-0.05, 0) is 43.2 Å². The number of benzene rings is 2. The van der Waals surface area contributed by atoms with Crippen molar-refractivity contribution in [3.8, 4) is 0 Å². The summed E-state index contributed by atoms with van der Waals surface area (Å²) in [4.78, 5) is 40.0. The van der Waals surface area contributed by atoms with Gasteiger partial charge in [0.2, 0.25) is 11.8 Å². The van der Waals surface area contributed by atoms with Gasteiger partial charge in [-0.2, -0.15) is 0 Å². The SMILES string of the molecule is CCCCNC(=O)[C@@H](C)N(Cc1cccc(Br)c1)C(=O)CCN1C(=O)c2ccccc2S1(=O)=O. The van der Waals surface area contributed by atoms with Crippen LogP contribution in [0.5, 0.6) is 0 Å². The summed E-state index contributed by atoms with van der Waals surface area (Å²) in [6.45, 7) is 4.04. The number of carbonyl (C=O) groups excluding carboxylic acids is 3. The molecule has 2 aromatic rings. The summed E-state index contributed by atoms with van der Waals surface area (Å²) in [5, 5.41) is 2.84. The van der Waals surface area contributed by atoms with E-state index >= 15 is 0 Å². The van der Waals surface area contributed by atoms with E-state index in [1.54, 1.807) is 19.1 Å². The Balaban J connectivity index is 1.77. The maximum Gasteiger partial charge on any atom is 0.269 e. The van der Waals surface area contributed by atoms with Crippen molar-refractivity contribution in [2.45, 2.75) is 50.6 Å². The van der Waals surface area contributed by atoms with E-state index in [4.69, 9.17) is 0 Å². The molecule has 0 unspecified atom stereocenters. The highest BCUT2D eigenvalue weighted by Crippen LogP contribution is 2.30. The lowest BCUT2D eigenvalue weighted by molar-refractivity contribution is -0.140. The van der Waals surface area contributed by atoms with E-state index in [-0.39, 0.29) is 35.9 Å². The molecule has 3 rings (SSSR count). The first-order chi connectivity index (χ1) is 16.2. The highest BCUT2D eigenvalue weighted by molar-refractivity contribution is 9.10. The minimum absolute atomic E-state index is 0.0536. The molecule has 34 heavy (non-hydrogen) atoms. The van der Waals surface area contributed by atoms with E-state index in [1.165, 1.54) is 17.0 Å². The standard InChI is InChI=1S/C24H28BrN3O5S/c1-3-4-13-26-23(30)17(2)27(16-18-8-7-9-19(25)15-18)22(29)12-14-28-24(31)20-10-5-6-11-21(20)34(28,32)33/h5-11,15,17H,3-4,12-14,16H2,1-2H3,(H,26,30)/t17-/m1/s1. The Morgan fingerprint density at radius 2 is 1.88 bits per heavy atom. The van der Waals surface area contributed by atoms with Gasteiger partial charge in [0, 0.05) is 30.5 Å². The van der Waals surface area contributed by atoms with Gasteiger partial charge in [0.05, 0.1) is 5.56 Å². The fraction of sp³-hybridized carbons (Fsp3) is 0.375. The van der Waals surface area contributed by atoms with Crippen molar-refractivity contribution in [2.75, 3.05) is 13.1 Å². The lowest BCUT2D eigenvalue weighted by Crippen LogP contribution is -2.48. The predicted octanol–water partition coefficient (Wildman–Crippen LogP) is 3.32. The summed E-state index contributed by atoms with van der Waals surface area (Å²) in [5.74, 6) is -1.35. The van der Waals surface area contributed by atoms with Crippen LogP contribution >= 0.6 is 15.9 Å². The molecular weight excluding hydrogens is 522 g/mol. The average molecular weight is 550 g/mol. The van der Waals surface area contributed by atoms with Crippen LogP contribution in [0.2, 0.25) is 0 Å². The highest BCUT2D eigenvalue weighted by Gasteiger charge is 2.41.